The van der Waals surface area contributed by atoms with Gasteiger partial charge in [-0.3, -0.25) is 14.4 Å². The summed E-state index contributed by atoms with van der Waals surface area (Å²) in [6.07, 6.45) is 21.3. The van der Waals surface area contributed by atoms with Crippen LogP contribution in [0.25, 0.3) is 0 Å². The molecule has 0 spiro atoms. The minimum Gasteiger partial charge on any atom is -0.481 e. The Kier molecular flexibility index (Phi) is 25.0. The molecule has 0 saturated heterocycles. The third-order valence-electron chi connectivity index (χ3n) is 4.78. The van der Waals surface area contributed by atoms with E-state index in [1.165, 1.54) is 83.5 Å². The van der Waals surface area contributed by atoms with Crippen molar-refractivity contribution in [1.82, 2.24) is 0 Å². The molecular weight excluding hydrogens is 372 g/mol. The molecule has 0 bridgehead atoms. The second-order valence-electron chi connectivity index (χ2n) is 7.82. The topological polar surface area (TPSA) is 112 Å². The van der Waals surface area contributed by atoms with Crippen LogP contribution in [0, 0.1) is 0 Å². The van der Waals surface area contributed by atoms with Crippen LogP contribution in [-0.4, -0.2) is 33.2 Å². The second kappa shape index (κ2) is 24.4. The second-order valence-corrected chi connectivity index (χ2v) is 7.82. The Balaban J connectivity index is 0. The van der Waals surface area contributed by atoms with Crippen LogP contribution in [0.15, 0.2) is 0 Å². The maximum atomic E-state index is 10.4. The first-order valence-corrected chi connectivity index (χ1v) is 11.5. The van der Waals surface area contributed by atoms with Gasteiger partial charge < -0.3 is 15.3 Å². The summed E-state index contributed by atoms with van der Waals surface area (Å²) in [6, 6.07) is 0. The van der Waals surface area contributed by atoms with Crippen molar-refractivity contribution in [2.75, 3.05) is 0 Å². The van der Waals surface area contributed by atoms with Gasteiger partial charge in [0.1, 0.15) is 0 Å². The average Bonchev–Trinajstić information content (AvgIpc) is 2.62. The molecule has 6 nitrogen and oxygen atoms in total. The zero-order valence-electron chi connectivity index (χ0n) is 18.5. The number of unbranched alkanes of at least 4 members (excludes halogenated alkanes) is 16. The van der Waals surface area contributed by atoms with Crippen LogP contribution in [0.2, 0.25) is 0 Å². The molecule has 3 N–H and O–H groups in total. The lowest BCUT2D eigenvalue weighted by molar-refractivity contribution is -0.138. The van der Waals surface area contributed by atoms with Crippen LogP contribution in [0.4, 0.5) is 0 Å². The van der Waals surface area contributed by atoms with Gasteiger partial charge in [-0.1, -0.05) is 96.3 Å². The van der Waals surface area contributed by atoms with Crippen LogP contribution in [-0.2, 0) is 14.4 Å². The molecule has 0 rings (SSSR count). The third kappa shape index (κ3) is 37.8. The third-order valence-corrected chi connectivity index (χ3v) is 4.78. The number of hydrogen-bond acceptors (Lipinski definition) is 3. The highest BCUT2D eigenvalue weighted by Crippen LogP contribution is 2.14. The van der Waals surface area contributed by atoms with E-state index in [-0.39, 0.29) is 0 Å². The molecule has 0 saturated carbocycles. The summed E-state index contributed by atoms with van der Waals surface area (Å²) in [7, 11) is 0. The summed E-state index contributed by atoms with van der Waals surface area (Å²) in [5.41, 5.74) is 0. The molecular formula is C23H44O6. The van der Waals surface area contributed by atoms with Crippen LogP contribution in [0.1, 0.15) is 129 Å². The van der Waals surface area contributed by atoms with Gasteiger partial charge in [0.2, 0.25) is 0 Å². The first-order chi connectivity index (χ1) is 13.9. The Morgan fingerprint density at radius 2 is 0.552 bits per heavy atom. The highest BCUT2D eigenvalue weighted by atomic mass is 16.4. The lowest BCUT2D eigenvalue weighted by atomic mass is 10.0. The van der Waals surface area contributed by atoms with Gasteiger partial charge in [-0.2, -0.15) is 0 Å². The molecule has 0 atom stereocenters. The van der Waals surface area contributed by atoms with Crippen molar-refractivity contribution in [3.63, 3.8) is 0 Å². The number of carboxylic acid groups (broad SMARTS) is 3. The van der Waals surface area contributed by atoms with Crippen molar-refractivity contribution in [3.05, 3.63) is 0 Å². The molecule has 0 aliphatic heterocycles. The van der Waals surface area contributed by atoms with E-state index < -0.39 is 17.9 Å². The van der Waals surface area contributed by atoms with Gasteiger partial charge in [0.05, 0.1) is 0 Å². The normalized spacial score (nSPS) is 10.2. The van der Waals surface area contributed by atoms with E-state index in [4.69, 9.17) is 20.1 Å². The minimum absolute atomic E-state index is 0.324. The summed E-state index contributed by atoms with van der Waals surface area (Å²) in [5.74, 6) is -2.17. The van der Waals surface area contributed by atoms with Crippen LogP contribution in [0.5, 0.6) is 0 Å². The Morgan fingerprint density at radius 1 is 0.414 bits per heavy atom. The van der Waals surface area contributed by atoms with Crippen molar-refractivity contribution < 1.29 is 29.7 Å². The lowest BCUT2D eigenvalue weighted by Gasteiger charge is -2.03. The summed E-state index contributed by atoms with van der Waals surface area (Å²) in [6.45, 7) is 1.08. The fourth-order valence-corrected chi connectivity index (χ4v) is 3.20. The largest absolute Gasteiger partial charge is 0.481 e. The van der Waals surface area contributed by atoms with Crippen molar-refractivity contribution in [1.29, 1.82) is 0 Å². The molecule has 172 valence electrons. The van der Waals surface area contributed by atoms with Gasteiger partial charge >= 0.3 is 11.9 Å². The van der Waals surface area contributed by atoms with Gasteiger partial charge in [-0.25, -0.2) is 0 Å². The van der Waals surface area contributed by atoms with Crippen LogP contribution >= 0.6 is 0 Å². The van der Waals surface area contributed by atoms with Crippen molar-refractivity contribution in [2.45, 2.75) is 129 Å². The van der Waals surface area contributed by atoms with Crippen molar-refractivity contribution >= 4 is 17.9 Å². The molecule has 0 amide bonds. The van der Waals surface area contributed by atoms with E-state index in [2.05, 4.69) is 0 Å². The fraction of sp³-hybridized carbons (Fsp3) is 0.870. The first-order valence-electron chi connectivity index (χ1n) is 11.5. The Bertz CT molecular complexity index is 361. The van der Waals surface area contributed by atoms with Gasteiger partial charge in [0.25, 0.3) is 5.97 Å². The smallest absolute Gasteiger partial charge is 0.303 e. The predicted molar refractivity (Wildman–Crippen MR) is 116 cm³/mol. The van der Waals surface area contributed by atoms with Gasteiger partial charge in [0.15, 0.2) is 0 Å². The fourth-order valence-electron chi connectivity index (χ4n) is 3.20. The minimum atomic E-state index is -0.833. The lowest BCUT2D eigenvalue weighted by Crippen LogP contribution is -1.93. The van der Waals surface area contributed by atoms with Crippen molar-refractivity contribution in [2.24, 2.45) is 0 Å². The van der Waals surface area contributed by atoms with Crippen LogP contribution in [0.3, 0.4) is 0 Å². The summed E-state index contributed by atoms with van der Waals surface area (Å²) < 4.78 is 0. The number of rotatable bonds is 20. The Hall–Kier alpha value is -1.59. The van der Waals surface area contributed by atoms with Gasteiger partial charge in [-0.15, -0.1) is 0 Å². The molecule has 0 aliphatic rings. The molecule has 0 heterocycles. The predicted octanol–water partition coefficient (Wildman–Crippen LogP) is 6.66. The standard InChI is InChI=1S/C21H40O4.C2H4O2/c22-20(23)18-16-14-12-10-8-6-4-2-1-3-5-7-9-11-13-15-17-19-21(24)25;1-2(3)4/h1-19H2,(H,22,23)(H,24,25);1H3,(H,3,4). The molecule has 0 aromatic carbocycles. The van der Waals surface area contributed by atoms with E-state index in [0.29, 0.717) is 12.8 Å². The van der Waals surface area contributed by atoms with E-state index >= 15 is 0 Å². The number of carbonyl (C=O) groups is 3. The quantitative estimate of drug-likeness (QED) is 0.191. The van der Waals surface area contributed by atoms with E-state index in [1.54, 1.807) is 0 Å². The number of hydrogen-bond donors (Lipinski definition) is 3. The first kappa shape index (κ1) is 29.6. The zero-order valence-corrected chi connectivity index (χ0v) is 18.5. The number of carboxylic acids is 3. The Labute approximate surface area is 177 Å². The molecule has 0 aliphatic carbocycles. The van der Waals surface area contributed by atoms with E-state index in [9.17, 15) is 9.59 Å². The zero-order chi connectivity index (χ0) is 22.2. The van der Waals surface area contributed by atoms with Gasteiger partial charge in [0, 0.05) is 19.8 Å². The maximum Gasteiger partial charge on any atom is 0.303 e. The number of aliphatic carboxylic acids is 3. The molecule has 0 radical (unpaired) electrons. The Morgan fingerprint density at radius 3 is 0.690 bits per heavy atom. The molecule has 0 aromatic heterocycles. The molecule has 29 heavy (non-hydrogen) atoms. The van der Waals surface area contributed by atoms with E-state index in [0.717, 1.165) is 32.6 Å². The summed E-state index contributed by atoms with van der Waals surface area (Å²) in [4.78, 5) is 29.7. The van der Waals surface area contributed by atoms with Crippen molar-refractivity contribution in [3.8, 4) is 0 Å². The summed E-state index contributed by atoms with van der Waals surface area (Å²) >= 11 is 0. The highest BCUT2D eigenvalue weighted by molar-refractivity contribution is 5.66. The maximum absolute atomic E-state index is 10.4. The SMILES string of the molecule is CC(=O)O.O=C(O)CCCCCCCCCCCCCCCCCCCC(=O)O. The molecule has 0 aromatic rings. The van der Waals surface area contributed by atoms with Gasteiger partial charge in [-0.05, 0) is 12.8 Å². The van der Waals surface area contributed by atoms with E-state index in [1.807, 2.05) is 0 Å². The highest BCUT2D eigenvalue weighted by Gasteiger charge is 1.98. The average molecular weight is 417 g/mol. The molecule has 6 heteroatoms. The molecule has 0 unspecified atom stereocenters. The van der Waals surface area contributed by atoms with Crippen LogP contribution < -0.4 is 0 Å². The summed E-state index contributed by atoms with van der Waals surface area (Å²) in [5, 5.41) is 24.5. The monoisotopic (exact) mass is 416 g/mol. The molecule has 0 fully saturated rings.